The molecule has 0 aromatic carbocycles. The zero-order valence-corrected chi connectivity index (χ0v) is 24.9. The monoisotopic (exact) mass is 576 g/mol. The summed E-state index contributed by atoms with van der Waals surface area (Å²) in [7, 11) is 0. The van der Waals surface area contributed by atoms with Gasteiger partial charge in [0, 0.05) is 23.2 Å². The number of carbonyl (C=O) groups is 2. The average molecular weight is 577 g/mol. The van der Waals surface area contributed by atoms with Crippen LogP contribution in [0.4, 0.5) is 13.2 Å². The summed E-state index contributed by atoms with van der Waals surface area (Å²) in [6, 6.07) is 2.08. The molecule has 5 aliphatic rings. The summed E-state index contributed by atoms with van der Waals surface area (Å²) in [5.74, 6) is -2.54. The quantitative estimate of drug-likeness (QED) is 0.364. The molecule has 0 heterocycles. The van der Waals surface area contributed by atoms with Gasteiger partial charge in [0.15, 0.2) is 5.78 Å². The van der Waals surface area contributed by atoms with Crippen LogP contribution in [0.5, 0.6) is 0 Å². The molecule has 1 amide bonds. The van der Waals surface area contributed by atoms with E-state index in [9.17, 15) is 38.2 Å². The SMILES string of the molecule is CC1(C)C[C@@H]2C(CC[C@]3(C)[C@@H]2C(=O)C=C2[C@@]4(C)CC(C#N)=C(O)[C@@](C)(O)[C@@H]4CC[C@]23C)[C@H](C(=O)NCC(F)(F)F)C1. The standard InChI is InChI=1S/C32H43F3N2O4/c1-27(2)13-19-18(20(14-27)26(40)37-16-32(33,34)35)7-9-30(5)24(19)21(38)11-23-28(3)12-17(15-36)25(39)31(6,41)22(28)8-10-29(23,30)4/h11,18-20,22,24,39,41H,7-10,12-14,16H2,1-6H3,(H,37,40)/t18?,19-,20-,22-,24+,28+,29-,30-,31+/m1/s1. The molecular weight excluding hydrogens is 533 g/mol. The van der Waals surface area contributed by atoms with Crippen molar-refractivity contribution in [3.8, 4) is 6.07 Å². The molecule has 41 heavy (non-hydrogen) atoms. The van der Waals surface area contributed by atoms with E-state index in [1.807, 2.05) is 20.8 Å². The van der Waals surface area contributed by atoms with Crippen LogP contribution in [-0.2, 0) is 9.59 Å². The van der Waals surface area contributed by atoms with E-state index in [2.05, 4.69) is 25.2 Å². The Balaban J connectivity index is 1.56. The van der Waals surface area contributed by atoms with Gasteiger partial charge in [0.1, 0.15) is 17.9 Å². The number of hydrogen-bond donors (Lipinski definition) is 3. The Labute approximate surface area is 240 Å². The van der Waals surface area contributed by atoms with Gasteiger partial charge in [-0.15, -0.1) is 0 Å². The number of fused-ring (bicyclic) bond motifs is 7. The number of hydrogen-bond acceptors (Lipinski definition) is 5. The number of nitriles is 1. The number of aliphatic hydroxyl groups excluding tert-OH is 1. The minimum Gasteiger partial charge on any atom is -0.508 e. The van der Waals surface area contributed by atoms with Gasteiger partial charge in [0.25, 0.3) is 0 Å². The van der Waals surface area contributed by atoms with E-state index in [0.29, 0.717) is 32.1 Å². The van der Waals surface area contributed by atoms with Gasteiger partial charge in [-0.3, -0.25) is 9.59 Å². The molecule has 0 bridgehead atoms. The van der Waals surface area contributed by atoms with Crippen LogP contribution < -0.4 is 5.32 Å². The molecule has 3 saturated carbocycles. The van der Waals surface area contributed by atoms with Crippen LogP contribution in [-0.4, -0.2) is 40.2 Å². The molecule has 6 nitrogen and oxygen atoms in total. The maximum absolute atomic E-state index is 14.3. The van der Waals surface area contributed by atoms with Gasteiger partial charge in [-0.2, -0.15) is 18.4 Å². The van der Waals surface area contributed by atoms with Crippen molar-refractivity contribution in [3.63, 3.8) is 0 Å². The van der Waals surface area contributed by atoms with Gasteiger partial charge >= 0.3 is 6.18 Å². The number of nitrogens with zero attached hydrogens (tertiary/aromatic N) is 1. The number of alkyl halides is 3. The normalized spacial score (nSPS) is 45.3. The molecule has 0 aliphatic heterocycles. The Morgan fingerprint density at radius 1 is 1.10 bits per heavy atom. The Kier molecular flexibility index (Phi) is 6.67. The number of aliphatic hydroxyl groups is 2. The van der Waals surface area contributed by atoms with Crippen molar-refractivity contribution in [2.75, 3.05) is 6.54 Å². The van der Waals surface area contributed by atoms with E-state index in [4.69, 9.17) is 0 Å². The third kappa shape index (κ3) is 4.29. The Bertz CT molecular complexity index is 1280. The van der Waals surface area contributed by atoms with Crippen molar-refractivity contribution in [1.29, 1.82) is 5.26 Å². The molecule has 0 aromatic heterocycles. The zero-order chi connectivity index (χ0) is 30.6. The summed E-state index contributed by atoms with van der Waals surface area (Å²) in [5.41, 5.74) is -2.45. The van der Waals surface area contributed by atoms with Gasteiger partial charge in [-0.25, -0.2) is 0 Å². The maximum Gasteiger partial charge on any atom is 0.405 e. The molecule has 9 atom stereocenters. The molecule has 226 valence electrons. The lowest BCUT2D eigenvalue weighted by atomic mass is 9.35. The first-order chi connectivity index (χ1) is 18.7. The summed E-state index contributed by atoms with van der Waals surface area (Å²) in [4.78, 5) is 27.5. The molecule has 0 spiro atoms. The minimum absolute atomic E-state index is 0.0272. The van der Waals surface area contributed by atoms with Gasteiger partial charge in [0.05, 0.1) is 11.6 Å². The summed E-state index contributed by atoms with van der Waals surface area (Å²) in [6.07, 6.45) is 1.31. The van der Waals surface area contributed by atoms with Crippen molar-refractivity contribution in [2.45, 2.75) is 98.3 Å². The van der Waals surface area contributed by atoms with E-state index in [0.717, 1.165) is 12.0 Å². The Hall–Kier alpha value is -2.34. The van der Waals surface area contributed by atoms with Crippen molar-refractivity contribution < 1.29 is 33.0 Å². The third-order valence-corrected chi connectivity index (χ3v) is 12.4. The predicted molar refractivity (Wildman–Crippen MR) is 146 cm³/mol. The van der Waals surface area contributed by atoms with Crippen molar-refractivity contribution in [3.05, 3.63) is 23.0 Å². The highest BCUT2D eigenvalue weighted by molar-refractivity contribution is 5.95. The van der Waals surface area contributed by atoms with Crippen LogP contribution in [0.25, 0.3) is 0 Å². The summed E-state index contributed by atoms with van der Waals surface area (Å²) < 4.78 is 38.8. The number of nitrogens with one attached hydrogen (secondary N) is 1. The fraction of sp³-hybridized carbons (Fsp3) is 0.781. The molecule has 1 unspecified atom stereocenters. The minimum atomic E-state index is -4.49. The zero-order valence-electron chi connectivity index (χ0n) is 24.9. The lowest BCUT2D eigenvalue weighted by Crippen LogP contribution is -2.65. The molecule has 3 fully saturated rings. The molecule has 5 aliphatic carbocycles. The van der Waals surface area contributed by atoms with Gasteiger partial charge in [-0.05, 0) is 86.0 Å². The van der Waals surface area contributed by atoms with Crippen molar-refractivity contribution in [1.82, 2.24) is 5.32 Å². The van der Waals surface area contributed by atoms with E-state index in [1.54, 1.807) is 13.0 Å². The smallest absolute Gasteiger partial charge is 0.405 e. The Morgan fingerprint density at radius 2 is 1.76 bits per heavy atom. The van der Waals surface area contributed by atoms with Crippen LogP contribution in [0.15, 0.2) is 23.0 Å². The molecular formula is C32H43F3N2O4. The van der Waals surface area contributed by atoms with Crippen LogP contribution in [0.2, 0.25) is 0 Å². The van der Waals surface area contributed by atoms with Crippen LogP contribution in [0.3, 0.4) is 0 Å². The summed E-state index contributed by atoms with van der Waals surface area (Å²) >= 11 is 0. The van der Waals surface area contributed by atoms with E-state index in [1.165, 1.54) is 0 Å². The van der Waals surface area contributed by atoms with E-state index < -0.39 is 46.4 Å². The van der Waals surface area contributed by atoms with Gasteiger partial charge in [-0.1, -0.05) is 40.2 Å². The molecule has 9 heteroatoms. The fourth-order valence-corrected chi connectivity index (χ4v) is 10.5. The van der Waals surface area contributed by atoms with E-state index >= 15 is 0 Å². The Morgan fingerprint density at radius 3 is 2.37 bits per heavy atom. The number of carbonyl (C=O) groups excluding carboxylic acids is 2. The largest absolute Gasteiger partial charge is 0.508 e. The number of halogens is 3. The lowest BCUT2D eigenvalue weighted by molar-refractivity contribution is -0.170. The van der Waals surface area contributed by atoms with Crippen LogP contribution in [0.1, 0.15) is 86.5 Å². The maximum atomic E-state index is 14.3. The number of ketones is 1. The number of amides is 1. The van der Waals surface area contributed by atoms with Crippen molar-refractivity contribution in [2.24, 2.45) is 51.2 Å². The topological polar surface area (TPSA) is 110 Å². The van der Waals surface area contributed by atoms with Gasteiger partial charge < -0.3 is 15.5 Å². The highest BCUT2D eigenvalue weighted by atomic mass is 19.4. The molecule has 0 saturated heterocycles. The van der Waals surface area contributed by atoms with Gasteiger partial charge in [0.2, 0.25) is 5.91 Å². The molecule has 3 N–H and O–H groups in total. The third-order valence-electron chi connectivity index (χ3n) is 12.4. The first-order valence-electron chi connectivity index (χ1n) is 14.9. The molecule has 5 rings (SSSR count). The second-order valence-electron chi connectivity index (χ2n) is 15.3. The highest BCUT2D eigenvalue weighted by Gasteiger charge is 2.69. The van der Waals surface area contributed by atoms with E-state index in [-0.39, 0.29) is 52.6 Å². The average Bonchev–Trinajstić information content (AvgIpc) is 2.84. The first-order valence-corrected chi connectivity index (χ1v) is 14.9. The number of rotatable bonds is 2. The molecule has 0 aromatic rings. The summed E-state index contributed by atoms with van der Waals surface area (Å²) in [6.45, 7) is 10.6. The first kappa shape index (κ1) is 30.1. The highest BCUT2D eigenvalue weighted by Crippen LogP contribution is 2.73. The number of allylic oxidation sites excluding steroid dienone is 3. The summed E-state index contributed by atoms with van der Waals surface area (Å²) in [5, 5.41) is 34.2. The van der Waals surface area contributed by atoms with Crippen molar-refractivity contribution >= 4 is 11.7 Å². The predicted octanol–water partition coefficient (Wildman–Crippen LogP) is 6.17. The second kappa shape index (κ2) is 9.08. The fourth-order valence-electron chi connectivity index (χ4n) is 10.5. The van der Waals surface area contributed by atoms with Crippen LogP contribution in [0, 0.1) is 62.6 Å². The molecule has 0 radical (unpaired) electrons. The second-order valence-corrected chi connectivity index (χ2v) is 15.3. The van der Waals surface area contributed by atoms with Crippen LogP contribution >= 0.6 is 0 Å². The lowest BCUT2D eigenvalue weighted by Gasteiger charge is -2.68.